The van der Waals surface area contributed by atoms with Crippen LogP contribution in [-0.2, 0) is 0 Å². The molecule has 2 heteroatoms. The van der Waals surface area contributed by atoms with Crippen molar-refractivity contribution in [2.24, 2.45) is 11.3 Å². The third-order valence-electron chi connectivity index (χ3n) is 4.13. The first kappa shape index (κ1) is 14.0. The van der Waals surface area contributed by atoms with E-state index in [-0.39, 0.29) is 0 Å². The van der Waals surface area contributed by atoms with Crippen LogP contribution in [0.2, 0.25) is 0 Å². The first-order valence-electron chi connectivity index (χ1n) is 7.14. The van der Waals surface area contributed by atoms with Crippen LogP contribution < -0.4 is 10.6 Å². The summed E-state index contributed by atoms with van der Waals surface area (Å²) in [5.41, 5.74) is 0.591. The quantitative estimate of drug-likeness (QED) is 0.697. The van der Waals surface area contributed by atoms with Crippen LogP contribution in [0.1, 0.15) is 52.9 Å². The third kappa shape index (κ3) is 4.42. The fourth-order valence-electron chi connectivity index (χ4n) is 2.73. The van der Waals surface area contributed by atoms with Crippen molar-refractivity contribution in [2.45, 2.75) is 52.9 Å². The van der Waals surface area contributed by atoms with Crippen molar-refractivity contribution in [3.8, 4) is 0 Å². The van der Waals surface area contributed by atoms with Gasteiger partial charge in [0.25, 0.3) is 0 Å². The minimum atomic E-state index is 0.591. The van der Waals surface area contributed by atoms with Gasteiger partial charge in [0.05, 0.1) is 0 Å². The molecule has 0 saturated carbocycles. The Bertz CT molecular complexity index is 168. The maximum atomic E-state index is 3.70. The molecule has 0 bridgehead atoms. The predicted octanol–water partition coefficient (Wildman–Crippen LogP) is 2.79. The van der Waals surface area contributed by atoms with E-state index in [9.17, 15) is 0 Å². The van der Waals surface area contributed by atoms with Gasteiger partial charge in [-0.15, -0.1) is 0 Å². The number of hydrogen-bond donors (Lipinski definition) is 2. The lowest BCUT2D eigenvalue weighted by Gasteiger charge is -2.38. The number of rotatable bonds is 7. The van der Waals surface area contributed by atoms with Crippen LogP contribution in [0.4, 0.5) is 0 Å². The SMILES string of the molecule is CCCC1(CNCC(C)CC)CCNCC1. The highest BCUT2D eigenvalue weighted by molar-refractivity contribution is 4.86. The first-order valence-corrected chi connectivity index (χ1v) is 7.14. The monoisotopic (exact) mass is 226 g/mol. The van der Waals surface area contributed by atoms with Gasteiger partial charge >= 0.3 is 0 Å². The van der Waals surface area contributed by atoms with E-state index >= 15 is 0 Å². The smallest absolute Gasteiger partial charge is 0.000887 e. The zero-order valence-corrected chi connectivity index (χ0v) is 11.4. The molecule has 96 valence electrons. The van der Waals surface area contributed by atoms with Crippen LogP contribution in [0.3, 0.4) is 0 Å². The van der Waals surface area contributed by atoms with Gasteiger partial charge in [-0.1, -0.05) is 33.6 Å². The normalized spacial score (nSPS) is 21.9. The van der Waals surface area contributed by atoms with Crippen LogP contribution in [0.5, 0.6) is 0 Å². The summed E-state index contributed by atoms with van der Waals surface area (Å²) >= 11 is 0. The van der Waals surface area contributed by atoms with Crippen molar-refractivity contribution in [1.29, 1.82) is 0 Å². The molecule has 0 aliphatic carbocycles. The molecule has 2 nitrogen and oxygen atoms in total. The van der Waals surface area contributed by atoms with E-state index in [1.807, 2.05) is 0 Å². The Kier molecular flexibility index (Phi) is 6.37. The molecular formula is C14H30N2. The Balaban J connectivity index is 2.32. The van der Waals surface area contributed by atoms with Crippen molar-refractivity contribution < 1.29 is 0 Å². The van der Waals surface area contributed by atoms with E-state index in [2.05, 4.69) is 31.4 Å². The average molecular weight is 226 g/mol. The topological polar surface area (TPSA) is 24.1 Å². The minimum Gasteiger partial charge on any atom is -0.317 e. The van der Waals surface area contributed by atoms with E-state index in [1.54, 1.807) is 0 Å². The Labute approximate surface area is 102 Å². The number of piperidine rings is 1. The summed E-state index contributed by atoms with van der Waals surface area (Å²) in [4.78, 5) is 0. The molecule has 1 saturated heterocycles. The van der Waals surface area contributed by atoms with Crippen molar-refractivity contribution in [3.05, 3.63) is 0 Å². The Morgan fingerprint density at radius 1 is 1.25 bits per heavy atom. The van der Waals surface area contributed by atoms with E-state index in [0.29, 0.717) is 5.41 Å². The Hall–Kier alpha value is -0.0800. The highest BCUT2D eigenvalue weighted by Crippen LogP contribution is 2.33. The molecule has 2 N–H and O–H groups in total. The minimum absolute atomic E-state index is 0.591. The molecule has 0 amide bonds. The second-order valence-electron chi connectivity index (χ2n) is 5.64. The second-order valence-corrected chi connectivity index (χ2v) is 5.64. The van der Waals surface area contributed by atoms with Crippen molar-refractivity contribution in [2.75, 3.05) is 26.2 Å². The molecule has 0 aromatic rings. The van der Waals surface area contributed by atoms with Crippen LogP contribution >= 0.6 is 0 Å². The van der Waals surface area contributed by atoms with Crippen LogP contribution in [0.25, 0.3) is 0 Å². The fourth-order valence-corrected chi connectivity index (χ4v) is 2.73. The molecule has 1 unspecified atom stereocenters. The molecule has 0 aromatic carbocycles. The van der Waals surface area contributed by atoms with E-state index in [0.717, 1.165) is 5.92 Å². The summed E-state index contributed by atoms with van der Waals surface area (Å²) in [6, 6.07) is 0. The fraction of sp³-hybridized carbons (Fsp3) is 1.00. The van der Waals surface area contributed by atoms with Gasteiger partial charge in [0.1, 0.15) is 0 Å². The summed E-state index contributed by atoms with van der Waals surface area (Å²) in [5.74, 6) is 0.820. The largest absolute Gasteiger partial charge is 0.317 e. The maximum Gasteiger partial charge on any atom is 0.000887 e. The van der Waals surface area contributed by atoms with Gasteiger partial charge in [0.2, 0.25) is 0 Å². The molecule has 0 radical (unpaired) electrons. The molecule has 0 spiro atoms. The Morgan fingerprint density at radius 3 is 2.50 bits per heavy atom. The lowest BCUT2D eigenvalue weighted by atomic mass is 9.75. The first-order chi connectivity index (χ1) is 7.72. The van der Waals surface area contributed by atoms with Gasteiger partial charge in [-0.3, -0.25) is 0 Å². The summed E-state index contributed by atoms with van der Waals surface area (Å²) in [6.45, 7) is 11.8. The summed E-state index contributed by atoms with van der Waals surface area (Å²) in [7, 11) is 0. The van der Waals surface area contributed by atoms with Crippen LogP contribution in [-0.4, -0.2) is 26.2 Å². The standard InChI is InChI=1S/C14H30N2/c1-4-6-14(7-9-15-10-8-14)12-16-11-13(3)5-2/h13,15-16H,4-12H2,1-3H3. The zero-order valence-electron chi connectivity index (χ0n) is 11.4. The van der Waals surface area contributed by atoms with Crippen LogP contribution in [0.15, 0.2) is 0 Å². The van der Waals surface area contributed by atoms with Gasteiger partial charge < -0.3 is 10.6 Å². The lowest BCUT2D eigenvalue weighted by Crippen LogP contribution is -2.44. The number of hydrogen-bond acceptors (Lipinski definition) is 2. The zero-order chi connectivity index (χ0) is 11.9. The van der Waals surface area contributed by atoms with Crippen molar-refractivity contribution in [3.63, 3.8) is 0 Å². The second kappa shape index (κ2) is 7.29. The molecule has 0 aromatic heterocycles. The average Bonchev–Trinajstić information content (AvgIpc) is 2.30. The van der Waals surface area contributed by atoms with E-state index in [4.69, 9.17) is 0 Å². The summed E-state index contributed by atoms with van der Waals surface area (Å²) in [6.07, 6.45) is 6.71. The molecule has 1 fully saturated rings. The van der Waals surface area contributed by atoms with E-state index < -0.39 is 0 Å². The van der Waals surface area contributed by atoms with E-state index in [1.165, 1.54) is 58.3 Å². The van der Waals surface area contributed by atoms with Gasteiger partial charge in [-0.05, 0) is 50.2 Å². The van der Waals surface area contributed by atoms with Crippen molar-refractivity contribution >= 4 is 0 Å². The molecule has 1 atom stereocenters. The highest BCUT2D eigenvalue weighted by Gasteiger charge is 2.30. The molecule has 16 heavy (non-hydrogen) atoms. The molecular weight excluding hydrogens is 196 g/mol. The predicted molar refractivity (Wildman–Crippen MR) is 71.8 cm³/mol. The Morgan fingerprint density at radius 2 is 1.94 bits per heavy atom. The molecule has 1 rings (SSSR count). The van der Waals surface area contributed by atoms with Gasteiger partial charge in [-0.2, -0.15) is 0 Å². The van der Waals surface area contributed by atoms with Gasteiger partial charge in [0, 0.05) is 6.54 Å². The van der Waals surface area contributed by atoms with Crippen molar-refractivity contribution in [1.82, 2.24) is 10.6 Å². The third-order valence-corrected chi connectivity index (χ3v) is 4.13. The van der Waals surface area contributed by atoms with Gasteiger partial charge in [-0.25, -0.2) is 0 Å². The number of nitrogens with one attached hydrogen (secondary N) is 2. The maximum absolute atomic E-state index is 3.70. The summed E-state index contributed by atoms with van der Waals surface area (Å²) in [5, 5.41) is 7.18. The molecule has 1 aliphatic heterocycles. The lowest BCUT2D eigenvalue weighted by molar-refractivity contribution is 0.174. The van der Waals surface area contributed by atoms with Gasteiger partial charge in [0.15, 0.2) is 0 Å². The molecule has 1 heterocycles. The summed E-state index contributed by atoms with van der Waals surface area (Å²) < 4.78 is 0. The van der Waals surface area contributed by atoms with Crippen LogP contribution in [0, 0.1) is 11.3 Å². The molecule has 1 aliphatic rings. The highest BCUT2D eigenvalue weighted by atomic mass is 14.9.